The van der Waals surface area contributed by atoms with Crippen molar-refractivity contribution in [2.45, 2.75) is 19.3 Å². The molecule has 0 fully saturated rings. The molecule has 1 aliphatic heterocycles. The van der Waals surface area contributed by atoms with E-state index in [1.807, 2.05) is 31.2 Å². The summed E-state index contributed by atoms with van der Waals surface area (Å²) in [6.07, 6.45) is 0.284. The summed E-state index contributed by atoms with van der Waals surface area (Å²) in [7, 11) is 0. The highest BCUT2D eigenvalue weighted by Crippen LogP contribution is 2.41. The van der Waals surface area contributed by atoms with Crippen molar-refractivity contribution < 1.29 is 14.7 Å². The van der Waals surface area contributed by atoms with E-state index in [0.717, 1.165) is 27.0 Å². The molecule has 1 unspecified atom stereocenters. The van der Waals surface area contributed by atoms with Crippen LogP contribution in [0.1, 0.15) is 39.5 Å². The molecule has 2 aromatic carbocycles. The molecule has 0 saturated carbocycles. The standard InChI is InChI=1S/C21H16N4O3S/c1-11-18-14(12-6-8-13(9-7-12)20(27)28)10-17(26)23-19(18)25(24-11)21-22-15-4-2-3-5-16(15)29-21/h2-9,14H,10H2,1H3,(H,23,26)(H,27,28). The lowest BCUT2D eigenvalue weighted by molar-refractivity contribution is -0.116. The SMILES string of the molecule is Cc1nn(-c2nc3ccccc3s2)c2c1C(c1ccc(C(=O)O)cc1)CC(=O)N2. The Kier molecular flexibility index (Phi) is 3.95. The lowest BCUT2D eigenvalue weighted by Crippen LogP contribution is -2.25. The summed E-state index contributed by atoms with van der Waals surface area (Å²) in [5.74, 6) is -0.639. The number of amides is 1. The van der Waals surface area contributed by atoms with Crippen molar-refractivity contribution in [1.29, 1.82) is 0 Å². The van der Waals surface area contributed by atoms with Crippen LogP contribution in [-0.4, -0.2) is 31.7 Å². The first-order valence-corrected chi connectivity index (χ1v) is 9.91. The summed E-state index contributed by atoms with van der Waals surface area (Å²) in [6, 6.07) is 14.5. The number of hydrogen-bond acceptors (Lipinski definition) is 5. The second kappa shape index (κ2) is 6.52. The molecule has 1 atom stereocenters. The van der Waals surface area contributed by atoms with Crippen LogP contribution >= 0.6 is 11.3 Å². The fourth-order valence-electron chi connectivity index (χ4n) is 3.78. The Balaban J connectivity index is 1.63. The first-order valence-electron chi connectivity index (χ1n) is 9.10. The maximum absolute atomic E-state index is 12.5. The molecular formula is C21H16N4O3S. The monoisotopic (exact) mass is 404 g/mol. The van der Waals surface area contributed by atoms with Gasteiger partial charge in [-0.2, -0.15) is 9.78 Å². The minimum atomic E-state index is -0.974. The fraction of sp³-hybridized carbons (Fsp3) is 0.143. The van der Waals surface area contributed by atoms with Crippen molar-refractivity contribution >= 4 is 39.2 Å². The Bertz CT molecular complexity index is 1240. The van der Waals surface area contributed by atoms with Gasteiger partial charge in [-0.05, 0) is 36.8 Å². The van der Waals surface area contributed by atoms with Crippen molar-refractivity contribution in [2.75, 3.05) is 5.32 Å². The number of aromatic carboxylic acids is 1. The Morgan fingerprint density at radius 3 is 2.69 bits per heavy atom. The predicted octanol–water partition coefficient (Wildman–Crippen LogP) is 3.96. The molecule has 0 spiro atoms. The Hall–Kier alpha value is -3.52. The van der Waals surface area contributed by atoms with Crippen LogP contribution in [0.15, 0.2) is 48.5 Å². The summed E-state index contributed by atoms with van der Waals surface area (Å²) in [4.78, 5) is 28.3. The Morgan fingerprint density at radius 1 is 1.21 bits per heavy atom. The number of hydrogen-bond donors (Lipinski definition) is 2. The van der Waals surface area contributed by atoms with Crippen LogP contribution in [0.3, 0.4) is 0 Å². The van der Waals surface area contributed by atoms with Gasteiger partial charge in [-0.25, -0.2) is 9.78 Å². The van der Waals surface area contributed by atoms with Gasteiger partial charge in [0.25, 0.3) is 0 Å². The lowest BCUT2D eigenvalue weighted by Gasteiger charge is -2.24. The van der Waals surface area contributed by atoms with Gasteiger partial charge in [-0.15, -0.1) is 0 Å². The molecule has 0 radical (unpaired) electrons. The number of aromatic nitrogens is 3. The second-order valence-corrected chi connectivity index (χ2v) is 7.96. The smallest absolute Gasteiger partial charge is 0.335 e. The molecule has 3 heterocycles. The van der Waals surface area contributed by atoms with Crippen molar-refractivity contribution in [3.63, 3.8) is 0 Å². The molecule has 0 saturated heterocycles. The van der Waals surface area contributed by atoms with E-state index in [0.29, 0.717) is 10.9 Å². The van der Waals surface area contributed by atoms with E-state index in [1.54, 1.807) is 28.9 Å². The number of fused-ring (bicyclic) bond motifs is 2. The van der Waals surface area contributed by atoms with Gasteiger partial charge in [0.15, 0.2) is 0 Å². The minimum Gasteiger partial charge on any atom is -0.478 e. The van der Waals surface area contributed by atoms with Crippen LogP contribution in [0, 0.1) is 6.92 Å². The van der Waals surface area contributed by atoms with E-state index in [9.17, 15) is 9.59 Å². The minimum absolute atomic E-state index is 0.105. The lowest BCUT2D eigenvalue weighted by atomic mass is 9.85. The number of carboxylic acid groups (broad SMARTS) is 1. The summed E-state index contributed by atoms with van der Waals surface area (Å²) in [5.41, 5.74) is 3.74. The van der Waals surface area contributed by atoms with E-state index in [2.05, 4.69) is 15.4 Å². The van der Waals surface area contributed by atoms with Crippen LogP contribution in [0.5, 0.6) is 0 Å². The highest BCUT2D eigenvalue weighted by Gasteiger charge is 2.33. The van der Waals surface area contributed by atoms with E-state index in [1.165, 1.54) is 11.3 Å². The van der Waals surface area contributed by atoms with E-state index in [-0.39, 0.29) is 23.8 Å². The number of aryl methyl sites for hydroxylation is 1. The third kappa shape index (κ3) is 2.89. The van der Waals surface area contributed by atoms with Crippen molar-refractivity contribution in [3.8, 4) is 5.13 Å². The number of nitrogens with zero attached hydrogens (tertiary/aromatic N) is 3. The van der Waals surface area contributed by atoms with Gasteiger partial charge < -0.3 is 10.4 Å². The van der Waals surface area contributed by atoms with Crippen LogP contribution in [0.2, 0.25) is 0 Å². The first-order chi connectivity index (χ1) is 14.0. The molecule has 4 aromatic rings. The maximum Gasteiger partial charge on any atom is 0.335 e. The molecule has 5 rings (SSSR count). The quantitative estimate of drug-likeness (QED) is 0.539. The van der Waals surface area contributed by atoms with Gasteiger partial charge in [-0.3, -0.25) is 4.79 Å². The molecule has 0 bridgehead atoms. The highest BCUT2D eigenvalue weighted by molar-refractivity contribution is 7.20. The summed E-state index contributed by atoms with van der Waals surface area (Å²) in [5, 5.41) is 17.5. The fourth-order valence-corrected chi connectivity index (χ4v) is 4.70. The van der Waals surface area contributed by atoms with E-state index < -0.39 is 5.97 Å². The van der Waals surface area contributed by atoms with Crippen LogP contribution in [0.25, 0.3) is 15.3 Å². The van der Waals surface area contributed by atoms with Crippen LogP contribution in [0.4, 0.5) is 5.82 Å². The third-order valence-corrected chi connectivity index (χ3v) is 6.14. The van der Waals surface area contributed by atoms with Crippen molar-refractivity contribution in [3.05, 3.63) is 70.9 Å². The zero-order valence-electron chi connectivity index (χ0n) is 15.4. The Labute approximate surface area is 169 Å². The Morgan fingerprint density at radius 2 is 1.97 bits per heavy atom. The first kappa shape index (κ1) is 17.6. The molecule has 7 nitrogen and oxygen atoms in total. The van der Waals surface area contributed by atoms with E-state index in [4.69, 9.17) is 5.11 Å². The highest BCUT2D eigenvalue weighted by atomic mass is 32.1. The summed E-state index contributed by atoms with van der Waals surface area (Å²) < 4.78 is 2.75. The topological polar surface area (TPSA) is 97.1 Å². The van der Waals surface area contributed by atoms with Crippen molar-refractivity contribution in [2.24, 2.45) is 0 Å². The number of carbonyl (C=O) groups excluding carboxylic acids is 1. The van der Waals surface area contributed by atoms with Gasteiger partial charge in [0.05, 0.1) is 21.5 Å². The van der Waals surface area contributed by atoms with Gasteiger partial charge in [-0.1, -0.05) is 35.6 Å². The number of para-hydroxylation sites is 1. The number of thiazole rings is 1. The van der Waals surface area contributed by atoms with Gasteiger partial charge in [0.2, 0.25) is 11.0 Å². The van der Waals surface area contributed by atoms with Gasteiger partial charge >= 0.3 is 5.97 Å². The third-order valence-electron chi connectivity index (χ3n) is 5.13. The van der Waals surface area contributed by atoms with Gasteiger partial charge in [0.1, 0.15) is 5.82 Å². The van der Waals surface area contributed by atoms with Gasteiger partial charge in [0, 0.05) is 17.9 Å². The number of carbonyl (C=O) groups is 2. The molecular weight excluding hydrogens is 388 g/mol. The second-order valence-electron chi connectivity index (χ2n) is 6.96. The number of anilines is 1. The van der Waals surface area contributed by atoms with E-state index >= 15 is 0 Å². The summed E-state index contributed by atoms with van der Waals surface area (Å²) in [6.45, 7) is 1.92. The predicted molar refractivity (Wildman–Crippen MR) is 110 cm³/mol. The number of benzene rings is 2. The number of nitrogens with one attached hydrogen (secondary N) is 1. The molecule has 2 aromatic heterocycles. The zero-order valence-corrected chi connectivity index (χ0v) is 16.2. The largest absolute Gasteiger partial charge is 0.478 e. The molecule has 29 heavy (non-hydrogen) atoms. The number of carboxylic acids is 1. The number of rotatable bonds is 3. The average Bonchev–Trinajstić information content (AvgIpc) is 3.28. The van der Waals surface area contributed by atoms with Crippen LogP contribution < -0.4 is 5.32 Å². The average molecular weight is 404 g/mol. The zero-order chi connectivity index (χ0) is 20.1. The molecule has 1 amide bonds. The molecule has 0 aliphatic carbocycles. The molecule has 2 N–H and O–H groups in total. The molecule has 144 valence electrons. The molecule has 1 aliphatic rings. The van der Waals surface area contributed by atoms with Crippen molar-refractivity contribution in [1.82, 2.24) is 14.8 Å². The maximum atomic E-state index is 12.5. The molecule has 8 heteroatoms. The summed E-state index contributed by atoms with van der Waals surface area (Å²) >= 11 is 1.51. The normalized spacial score (nSPS) is 15.9. The van der Waals surface area contributed by atoms with Crippen LogP contribution in [-0.2, 0) is 4.79 Å².